The number of nitrogens with zero attached hydrogens (tertiary/aromatic N) is 2. The number of allylic oxidation sites excluding steroid dienone is 8. The van der Waals surface area contributed by atoms with Gasteiger partial charge in [-0.25, -0.2) is 8.78 Å². The number of methoxy groups -OCH3 is 1. The molecule has 2 heterocycles. The Labute approximate surface area is 281 Å². The van der Waals surface area contributed by atoms with E-state index in [0.29, 0.717) is 18.0 Å². The lowest BCUT2D eigenvalue weighted by Gasteiger charge is -2.27. The van der Waals surface area contributed by atoms with Gasteiger partial charge in [0.05, 0.1) is 24.4 Å². The van der Waals surface area contributed by atoms with E-state index in [1.165, 1.54) is 26.2 Å². The van der Waals surface area contributed by atoms with Crippen molar-refractivity contribution in [1.29, 1.82) is 0 Å². The third kappa shape index (κ3) is 9.62. The highest BCUT2D eigenvalue weighted by Gasteiger charge is 2.21. The Morgan fingerprint density at radius 1 is 1.06 bits per heavy atom. The molecule has 0 atom stereocenters. The van der Waals surface area contributed by atoms with E-state index in [4.69, 9.17) is 14.6 Å². The van der Waals surface area contributed by atoms with Gasteiger partial charge < -0.3 is 25.4 Å². The molecule has 1 saturated heterocycles. The Bertz CT molecular complexity index is 1740. The number of hydrogen-bond acceptors (Lipinski definition) is 6. The largest absolute Gasteiger partial charge is 0.491 e. The van der Waals surface area contributed by atoms with Crippen LogP contribution in [-0.2, 0) is 16.1 Å². The van der Waals surface area contributed by atoms with E-state index in [2.05, 4.69) is 35.2 Å². The van der Waals surface area contributed by atoms with Gasteiger partial charge >= 0.3 is 0 Å². The molecular formula is C38H45F2N5O3. The predicted molar refractivity (Wildman–Crippen MR) is 188 cm³/mol. The van der Waals surface area contributed by atoms with Gasteiger partial charge in [-0.05, 0) is 75.1 Å². The summed E-state index contributed by atoms with van der Waals surface area (Å²) in [7, 11) is 1.53. The zero-order chi connectivity index (χ0) is 34.6. The van der Waals surface area contributed by atoms with Crippen molar-refractivity contribution in [3.8, 4) is 5.75 Å². The average molecular weight is 658 g/mol. The quantitative estimate of drug-likeness (QED) is 0.121. The number of nitrogens with one attached hydrogen (secondary N) is 3. The Morgan fingerprint density at radius 2 is 1.77 bits per heavy atom. The maximum atomic E-state index is 15.1. The molecule has 3 N–H and O–H groups in total. The van der Waals surface area contributed by atoms with Crippen molar-refractivity contribution in [2.45, 2.75) is 40.2 Å². The molecule has 4 rings (SSSR count). The summed E-state index contributed by atoms with van der Waals surface area (Å²) in [6.07, 6.45) is 11.3. The molecule has 254 valence electrons. The van der Waals surface area contributed by atoms with E-state index in [0.717, 1.165) is 59.4 Å². The van der Waals surface area contributed by atoms with Crippen molar-refractivity contribution in [3.63, 3.8) is 0 Å². The number of halogens is 2. The van der Waals surface area contributed by atoms with Crippen molar-refractivity contribution in [2.24, 2.45) is 5.92 Å². The van der Waals surface area contributed by atoms with Crippen LogP contribution in [0.4, 0.5) is 8.78 Å². The third-order valence-corrected chi connectivity index (χ3v) is 7.99. The molecule has 48 heavy (non-hydrogen) atoms. The lowest BCUT2D eigenvalue weighted by atomic mass is 9.87. The van der Waals surface area contributed by atoms with E-state index in [1.807, 2.05) is 56.3 Å². The molecular weight excluding hydrogens is 612 g/mol. The smallest absolute Gasteiger partial charge is 0.220 e. The summed E-state index contributed by atoms with van der Waals surface area (Å²) in [5.74, 6) is -1.19. The Balaban J connectivity index is 1.66. The number of carbonyl (C=O) groups excluding carboxylic acids is 1. The first kappa shape index (κ1) is 36.0. The number of piperidine rings is 1. The standard InChI is InChI=1S/C38H45F2N5O3/c1-7-10-30(21-26(3)42-28(5)46)43-27(4)32(29-15-17-41-18-16-29)14-13-25(2)38-33-11-8-9-12-37(33)45(44-38)24-34-35(39)22-31(23-36(34)40)48-20-19-47-6/h7-14,21-23,29,41,43H,1,4,15-20,24H2,2-3,5-6H3,(H,42,46)/b25-13+,26-21+,30-10+,32-14+. The Hall–Kier alpha value is -4.80. The predicted octanol–water partition coefficient (Wildman–Crippen LogP) is 6.93. The molecule has 1 fully saturated rings. The van der Waals surface area contributed by atoms with Crippen molar-refractivity contribution in [3.05, 3.63) is 125 Å². The maximum absolute atomic E-state index is 15.1. The zero-order valence-electron chi connectivity index (χ0n) is 28.2. The number of aromatic nitrogens is 2. The van der Waals surface area contributed by atoms with Crippen LogP contribution in [0.25, 0.3) is 16.5 Å². The number of benzene rings is 2. The third-order valence-electron chi connectivity index (χ3n) is 7.99. The van der Waals surface area contributed by atoms with Crippen molar-refractivity contribution in [1.82, 2.24) is 25.7 Å². The zero-order valence-corrected chi connectivity index (χ0v) is 28.2. The SMILES string of the molecule is C=C/C=C(\C=C(/C)NC(C)=O)NC(=C)/C(=C\C=C(/C)c1nn(Cc2c(F)cc(OCCOC)cc2F)c2ccccc12)C1CCNCC1. The van der Waals surface area contributed by atoms with Gasteiger partial charge in [0.25, 0.3) is 0 Å². The molecule has 0 spiro atoms. The van der Waals surface area contributed by atoms with Gasteiger partial charge in [-0.2, -0.15) is 5.10 Å². The van der Waals surface area contributed by atoms with Gasteiger partial charge in [0.15, 0.2) is 0 Å². The van der Waals surface area contributed by atoms with Gasteiger partial charge in [0.2, 0.25) is 5.91 Å². The van der Waals surface area contributed by atoms with Crippen LogP contribution >= 0.6 is 0 Å². The number of hydrogen-bond donors (Lipinski definition) is 3. The highest BCUT2D eigenvalue weighted by molar-refractivity contribution is 5.90. The lowest BCUT2D eigenvalue weighted by molar-refractivity contribution is -0.118. The molecule has 1 aromatic heterocycles. The number of para-hydroxylation sites is 1. The fourth-order valence-corrected chi connectivity index (χ4v) is 5.70. The number of rotatable bonds is 15. The number of carbonyl (C=O) groups is 1. The molecule has 3 aromatic rings. The van der Waals surface area contributed by atoms with Crippen LogP contribution in [0.3, 0.4) is 0 Å². The molecule has 1 aliphatic rings. The summed E-state index contributed by atoms with van der Waals surface area (Å²) < 4.78 is 42.3. The summed E-state index contributed by atoms with van der Waals surface area (Å²) in [5, 5.41) is 15.3. The van der Waals surface area contributed by atoms with Crippen LogP contribution in [0.15, 0.2) is 103 Å². The van der Waals surface area contributed by atoms with Crippen molar-refractivity contribution < 1.29 is 23.0 Å². The Morgan fingerprint density at radius 3 is 2.44 bits per heavy atom. The van der Waals surface area contributed by atoms with Gasteiger partial charge in [-0.3, -0.25) is 9.48 Å². The molecule has 2 aromatic carbocycles. The van der Waals surface area contributed by atoms with Crippen LogP contribution in [0.1, 0.15) is 44.9 Å². The average Bonchev–Trinajstić information content (AvgIpc) is 3.41. The monoisotopic (exact) mass is 657 g/mol. The molecule has 1 amide bonds. The summed E-state index contributed by atoms with van der Waals surface area (Å²) in [6.45, 7) is 15.7. The van der Waals surface area contributed by atoms with E-state index in [9.17, 15) is 4.79 Å². The second kappa shape index (κ2) is 17.4. The summed E-state index contributed by atoms with van der Waals surface area (Å²) in [4.78, 5) is 11.6. The number of fused-ring (bicyclic) bond motifs is 1. The molecule has 1 aliphatic heterocycles. The number of ether oxygens (including phenoxy) is 2. The second-order valence-electron chi connectivity index (χ2n) is 11.7. The second-order valence-corrected chi connectivity index (χ2v) is 11.7. The molecule has 0 bridgehead atoms. The van der Waals surface area contributed by atoms with Gasteiger partial charge in [0, 0.05) is 54.2 Å². The van der Waals surface area contributed by atoms with Crippen molar-refractivity contribution in [2.75, 3.05) is 33.4 Å². The molecule has 0 unspecified atom stereocenters. The summed E-state index contributed by atoms with van der Waals surface area (Å²) in [5.41, 5.74) is 5.47. The van der Waals surface area contributed by atoms with Gasteiger partial charge in [-0.1, -0.05) is 49.6 Å². The van der Waals surface area contributed by atoms with Crippen LogP contribution in [0.5, 0.6) is 5.75 Å². The van der Waals surface area contributed by atoms with E-state index >= 15 is 8.78 Å². The summed E-state index contributed by atoms with van der Waals surface area (Å²) >= 11 is 0. The fourth-order valence-electron chi connectivity index (χ4n) is 5.70. The maximum Gasteiger partial charge on any atom is 0.220 e. The first-order valence-electron chi connectivity index (χ1n) is 16.0. The normalized spacial score (nSPS) is 15.0. The minimum absolute atomic E-state index is 0.0927. The molecule has 0 saturated carbocycles. The minimum atomic E-state index is -0.705. The summed E-state index contributed by atoms with van der Waals surface area (Å²) in [6, 6.07) is 10.0. The molecule has 0 radical (unpaired) electrons. The first-order valence-corrected chi connectivity index (χ1v) is 16.0. The fraction of sp³-hybridized carbons (Fsp3) is 0.316. The van der Waals surface area contributed by atoms with Crippen LogP contribution < -0.4 is 20.7 Å². The highest BCUT2D eigenvalue weighted by atomic mass is 19.1. The van der Waals surface area contributed by atoms with Gasteiger partial charge in [-0.15, -0.1) is 0 Å². The molecule has 10 heteroatoms. The lowest BCUT2D eigenvalue weighted by Crippen LogP contribution is -2.30. The van der Waals surface area contributed by atoms with Crippen LogP contribution in [0.2, 0.25) is 0 Å². The van der Waals surface area contributed by atoms with Gasteiger partial charge in [0.1, 0.15) is 24.0 Å². The molecule has 8 nitrogen and oxygen atoms in total. The van der Waals surface area contributed by atoms with E-state index in [1.54, 1.807) is 10.8 Å². The first-order chi connectivity index (χ1) is 23.1. The van der Waals surface area contributed by atoms with Crippen LogP contribution in [0, 0.1) is 17.6 Å². The molecule has 0 aliphatic carbocycles. The number of amides is 1. The van der Waals surface area contributed by atoms with E-state index < -0.39 is 11.6 Å². The minimum Gasteiger partial charge on any atom is -0.491 e. The highest BCUT2D eigenvalue weighted by Crippen LogP contribution is 2.30. The Kier molecular flexibility index (Phi) is 13.1. The van der Waals surface area contributed by atoms with E-state index in [-0.39, 0.29) is 36.3 Å². The van der Waals surface area contributed by atoms with Crippen molar-refractivity contribution >= 4 is 22.4 Å². The van der Waals surface area contributed by atoms with Crippen LogP contribution in [-0.4, -0.2) is 49.1 Å². The topological polar surface area (TPSA) is 89.4 Å².